The lowest BCUT2D eigenvalue weighted by molar-refractivity contribution is -0.112. The van der Waals surface area contributed by atoms with Crippen LogP contribution >= 0.6 is 34.8 Å². The maximum absolute atomic E-state index is 12.2. The number of nitrogens with zero attached hydrogens (tertiary/aromatic N) is 1. The Kier molecular flexibility index (Phi) is 6.18. The van der Waals surface area contributed by atoms with E-state index in [4.69, 9.17) is 44.3 Å². The van der Waals surface area contributed by atoms with Gasteiger partial charge in [0, 0.05) is 16.2 Å². The highest BCUT2D eigenvalue weighted by molar-refractivity contribution is 6.34. The summed E-state index contributed by atoms with van der Waals surface area (Å²) in [5, 5.41) is 4.58. The quantitative estimate of drug-likeness (QED) is 0.644. The van der Waals surface area contributed by atoms with Gasteiger partial charge in [0.25, 0.3) is 0 Å². The molecule has 1 N–H and O–H groups in total. The Morgan fingerprint density at radius 1 is 1.21 bits per heavy atom. The fourth-order valence-electron chi connectivity index (χ4n) is 2.99. The van der Waals surface area contributed by atoms with Gasteiger partial charge in [-0.3, -0.25) is 4.79 Å². The Bertz CT molecular complexity index is 955. The van der Waals surface area contributed by atoms with E-state index < -0.39 is 5.54 Å². The number of dihydropyridines is 1. The molecule has 146 valence electrons. The number of allylic oxidation sites excluding steroid dienone is 2. The van der Waals surface area contributed by atoms with Crippen LogP contribution in [0.5, 0.6) is 5.88 Å². The van der Waals surface area contributed by atoms with Crippen molar-refractivity contribution in [3.63, 3.8) is 0 Å². The zero-order chi connectivity index (χ0) is 20.3. The van der Waals surface area contributed by atoms with Crippen LogP contribution < -0.4 is 10.1 Å². The Labute approximate surface area is 177 Å². The van der Waals surface area contributed by atoms with Crippen molar-refractivity contribution in [1.82, 2.24) is 10.3 Å². The van der Waals surface area contributed by atoms with Gasteiger partial charge in [0.15, 0.2) is 12.2 Å². The molecule has 1 aromatic carbocycles. The molecule has 3 rings (SSSR count). The van der Waals surface area contributed by atoms with Crippen LogP contribution in [0.15, 0.2) is 48.5 Å². The monoisotopic (exact) mass is 438 g/mol. The third-order valence-corrected chi connectivity index (χ3v) is 5.11. The van der Waals surface area contributed by atoms with Crippen LogP contribution in [0.4, 0.5) is 0 Å². The summed E-state index contributed by atoms with van der Waals surface area (Å²) in [6, 6.07) is 5.16. The van der Waals surface area contributed by atoms with Crippen LogP contribution in [-0.2, 0) is 21.7 Å². The first-order valence-corrected chi connectivity index (χ1v) is 9.43. The molecule has 0 spiro atoms. The second-order valence-electron chi connectivity index (χ2n) is 6.18. The second kappa shape index (κ2) is 8.43. The van der Waals surface area contributed by atoms with E-state index in [-0.39, 0.29) is 6.61 Å². The number of carbonyl (C=O) groups excluding carboxylic acids is 1. The number of benzene rings is 1. The third-order valence-electron chi connectivity index (χ3n) is 4.29. The average molecular weight is 440 g/mol. The Morgan fingerprint density at radius 3 is 2.57 bits per heavy atom. The molecule has 1 aliphatic rings. The van der Waals surface area contributed by atoms with Gasteiger partial charge in [0.05, 0.1) is 17.7 Å². The molecule has 2 aromatic rings. The van der Waals surface area contributed by atoms with Gasteiger partial charge in [-0.25, -0.2) is 4.98 Å². The third kappa shape index (κ3) is 4.12. The lowest BCUT2D eigenvalue weighted by Crippen LogP contribution is -2.44. The van der Waals surface area contributed by atoms with Gasteiger partial charge >= 0.3 is 0 Å². The predicted octanol–water partition coefficient (Wildman–Crippen LogP) is 4.97. The number of ether oxygens (including phenoxy) is 2. The molecule has 1 aliphatic heterocycles. The van der Waals surface area contributed by atoms with Gasteiger partial charge in [-0.05, 0) is 48.4 Å². The number of halogens is 3. The normalized spacial score (nSPS) is 18.2. The molecule has 0 aliphatic carbocycles. The first-order chi connectivity index (χ1) is 13.4. The molecule has 0 saturated carbocycles. The molecule has 0 fully saturated rings. The van der Waals surface area contributed by atoms with Gasteiger partial charge in [-0.2, -0.15) is 0 Å². The Morgan fingerprint density at radius 2 is 1.93 bits per heavy atom. The molecule has 2 heterocycles. The first kappa shape index (κ1) is 20.5. The van der Waals surface area contributed by atoms with Crippen molar-refractivity contribution in [3.8, 4) is 5.88 Å². The second-order valence-corrected chi connectivity index (χ2v) is 7.46. The van der Waals surface area contributed by atoms with E-state index in [1.165, 1.54) is 13.3 Å². The number of aldehydes is 1. The van der Waals surface area contributed by atoms with Crippen LogP contribution in [0.25, 0.3) is 0 Å². The summed E-state index contributed by atoms with van der Waals surface area (Å²) < 4.78 is 11.2. The van der Waals surface area contributed by atoms with Crippen molar-refractivity contribution >= 4 is 41.1 Å². The molecule has 1 aromatic heterocycles. The number of aromatic nitrogens is 1. The van der Waals surface area contributed by atoms with E-state index in [1.807, 2.05) is 0 Å². The number of rotatable bonds is 6. The highest BCUT2D eigenvalue weighted by Gasteiger charge is 2.37. The molecule has 0 radical (unpaired) electrons. The minimum atomic E-state index is -1.23. The summed E-state index contributed by atoms with van der Waals surface area (Å²) >= 11 is 18.3. The van der Waals surface area contributed by atoms with Crippen molar-refractivity contribution in [2.45, 2.75) is 19.1 Å². The number of pyridine rings is 1. The van der Waals surface area contributed by atoms with Crippen molar-refractivity contribution in [1.29, 1.82) is 0 Å². The van der Waals surface area contributed by atoms with Crippen LogP contribution in [0.1, 0.15) is 16.7 Å². The Balaban J connectivity index is 1.88. The first-order valence-electron chi connectivity index (χ1n) is 8.30. The van der Waals surface area contributed by atoms with E-state index in [0.29, 0.717) is 38.0 Å². The number of hydrogen-bond donors (Lipinski definition) is 1. The van der Waals surface area contributed by atoms with Crippen LogP contribution in [-0.4, -0.2) is 18.4 Å². The molecule has 8 heteroatoms. The van der Waals surface area contributed by atoms with E-state index in [0.717, 1.165) is 11.8 Å². The molecule has 1 atom stereocenters. The fraction of sp³-hybridized carbons (Fsp3) is 0.200. The van der Waals surface area contributed by atoms with E-state index in [2.05, 4.69) is 10.3 Å². The fourth-order valence-corrected chi connectivity index (χ4v) is 3.70. The summed E-state index contributed by atoms with van der Waals surface area (Å²) in [6.45, 7) is 2.02. The van der Waals surface area contributed by atoms with Crippen molar-refractivity contribution < 1.29 is 14.3 Å². The molecule has 0 saturated heterocycles. The maximum atomic E-state index is 12.2. The van der Waals surface area contributed by atoms with Crippen molar-refractivity contribution in [2.24, 2.45) is 0 Å². The molecule has 0 bridgehead atoms. The highest BCUT2D eigenvalue weighted by Crippen LogP contribution is 2.36. The van der Waals surface area contributed by atoms with Gasteiger partial charge in [0.1, 0.15) is 12.1 Å². The molecule has 28 heavy (non-hydrogen) atoms. The lowest BCUT2D eigenvalue weighted by Gasteiger charge is -2.32. The summed E-state index contributed by atoms with van der Waals surface area (Å²) in [5.74, 6) is 0.696. The van der Waals surface area contributed by atoms with Crippen molar-refractivity contribution in [3.05, 3.63) is 80.3 Å². The summed E-state index contributed by atoms with van der Waals surface area (Å²) in [6.07, 6.45) is 7.39. The number of hydrogen-bond acceptors (Lipinski definition) is 5. The maximum Gasteiger partial charge on any atom is 0.219 e. The molecule has 0 amide bonds. The van der Waals surface area contributed by atoms with Gasteiger partial charge in [-0.1, -0.05) is 40.9 Å². The van der Waals surface area contributed by atoms with E-state index in [1.54, 1.807) is 43.4 Å². The summed E-state index contributed by atoms with van der Waals surface area (Å²) in [4.78, 5) is 16.4. The average Bonchev–Trinajstić information content (AvgIpc) is 2.67. The van der Waals surface area contributed by atoms with Gasteiger partial charge in [0.2, 0.25) is 5.88 Å². The van der Waals surface area contributed by atoms with E-state index in [9.17, 15) is 4.79 Å². The molecule has 5 nitrogen and oxygen atoms in total. The zero-order valence-electron chi connectivity index (χ0n) is 15.1. The van der Waals surface area contributed by atoms with Gasteiger partial charge < -0.3 is 14.8 Å². The Hall–Kier alpha value is -2.21. The van der Waals surface area contributed by atoms with Crippen LogP contribution in [0.2, 0.25) is 15.1 Å². The number of methoxy groups -OCH3 is 1. The highest BCUT2D eigenvalue weighted by atomic mass is 35.5. The number of carbonyl (C=O) groups is 1. The summed E-state index contributed by atoms with van der Waals surface area (Å²) in [5.41, 5.74) is 0.766. The minimum absolute atomic E-state index is 0.214. The van der Waals surface area contributed by atoms with E-state index >= 15 is 0 Å². The molecular formula is C20H17Cl3N2O3. The largest absolute Gasteiger partial charge is 0.481 e. The topological polar surface area (TPSA) is 60.5 Å². The van der Waals surface area contributed by atoms with Crippen LogP contribution in [0.3, 0.4) is 0 Å². The van der Waals surface area contributed by atoms with Gasteiger partial charge in [-0.15, -0.1) is 0 Å². The van der Waals surface area contributed by atoms with Crippen LogP contribution in [0, 0.1) is 6.92 Å². The van der Waals surface area contributed by atoms with Crippen molar-refractivity contribution in [2.75, 3.05) is 7.11 Å². The predicted molar refractivity (Wildman–Crippen MR) is 110 cm³/mol. The standard InChI is InChI=1S/C20H17Cl3N2O3/c1-12-16(23)9-24-19(27-2)18(12)20(11-26)5-3-4-17(25-20)28-10-13-6-14(21)8-15(22)7-13/h3-9,11,25H,10H2,1-2H3. The minimum Gasteiger partial charge on any atom is -0.481 e. The number of nitrogens with one attached hydrogen (secondary N) is 1. The molecule has 1 unspecified atom stereocenters. The molecular weight excluding hydrogens is 423 g/mol. The summed E-state index contributed by atoms with van der Waals surface area (Å²) in [7, 11) is 1.49. The lowest BCUT2D eigenvalue weighted by atomic mass is 9.87. The smallest absolute Gasteiger partial charge is 0.219 e. The SMILES string of the molecule is COc1ncc(Cl)c(C)c1C1(C=O)C=CC=C(OCc2cc(Cl)cc(Cl)c2)N1. The zero-order valence-corrected chi connectivity index (χ0v) is 17.4.